The van der Waals surface area contributed by atoms with Crippen LogP contribution in [0.15, 0.2) is 0 Å². The van der Waals surface area contributed by atoms with Crippen LogP contribution < -0.4 is 5.73 Å². The normalized spacial score (nSPS) is 26.2. The van der Waals surface area contributed by atoms with Gasteiger partial charge in [0.25, 0.3) is 0 Å². The van der Waals surface area contributed by atoms with Crippen LogP contribution in [0, 0.1) is 5.92 Å². The van der Waals surface area contributed by atoms with Crippen molar-refractivity contribution in [2.75, 3.05) is 6.54 Å². The summed E-state index contributed by atoms with van der Waals surface area (Å²) in [6.07, 6.45) is -1.51. The topological polar surface area (TPSA) is 26.0 Å². The van der Waals surface area contributed by atoms with E-state index in [1.165, 1.54) is 0 Å². The van der Waals surface area contributed by atoms with E-state index in [0.717, 1.165) is 0 Å². The summed E-state index contributed by atoms with van der Waals surface area (Å²) in [6.45, 7) is 0.239. The molecule has 0 aromatic heterocycles. The van der Waals surface area contributed by atoms with Crippen molar-refractivity contribution >= 4 is 0 Å². The van der Waals surface area contributed by atoms with E-state index < -0.39 is 18.0 Å². The summed E-state index contributed by atoms with van der Waals surface area (Å²) in [5.74, 6) is -3.06. The minimum absolute atomic E-state index is 0.209. The quantitative estimate of drug-likeness (QED) is 0.680. The van der Waals surface area contributed by atoms with Crippen LogP contribution in [0.5, 0.6) is 0 Å². The van der Waals surface area contributed by atoms with Crippen LogP contribution in [0.25, 0.3) is 0 Å². The lowest BCUT2D eigenvalue weighted by Gasteiger charge is -2.36. The Bertz CT molecular complexity index is 130. The molecular formula is C7H12F3N. The third-order valence-corrected chi connectivity index (χ3v) is 2.08. The van der Waals surface area contributed by atoms with Gasteiger partial charge in [-0.2, -0.15) is 0 Å². The summed E-state index contributed by atoms with van der Waals surface area (Å²) in [4.78, 5) is 0. The molecule has 0 heterocycles. The van der Waals surface area contributed by atoms with Crippen molar-refractivity contribution in [1.82, 2.24) is 0 Å². The first-order valence-corrected chi connectivity index (χ1v) is 3.77. The monoisotopic (exact) mass is 167 g/mol. The van der Waals surface area contributed by atoms with Gasteiger partial charge in [-0.05, 0) is 13.0 Å². The van der Waals surface area contributed by atoms with E-state index in [4.69, 9.17) is 5.73 Å². The van der Waals surface area contributed by atoms with E-state index >= 15 is 0 Å². The number of rotatable bonds is 3. The van der Waals surface area contributed by atoms with Gasteiger partial charge in [0.1, 0.15) is 6.17 Å². The lowest BCUT2D eigenvalue weighted by molar-refractivity contribution is -0.129. The van der Waals surface area contributed by atoms with Gasteiger partial charge in [0.05, 0.1) is 0 Å². The molecule has 0 spiro atoms. The summed E-state index contributed by atoms with van der Waals surface area (Å²) in [5.41, 5.74) is 5.09. The molecule has 11 heavy (non-hydrogen) atoms. The average molecular weight is 167 g/mol. The maximum atomic E-state index is 12.8. The van der Waals surface area contributed by atoms with Crippen LogP contribution in [0.4, 0.5) is 13.2 Å². The zero-order valence-electron chi connectivity index (χ0n) is 6.19. The molecule has 0 aromatic carbocycles. The van der Waals surface area contributed by atoms with E-state index in [0.29, 0.717) is 0 Å². The van der Waals surface area contributed by atoms with Crippen molar-refractivity contribution in [1.29, 1.82) is 0 Å². The van der Waals surface area contributed by atoms with Gasteiger partial charge in [0, 0.05) is 18.8 Å². The molecule has 0 saturated heterocycles. The molecule has 4 heteroatoms. The molecular weight excluding hydrogens is 155 g/mol. The van der Waals surface area contributed by atoms with E-state index in [9.17, 15) is 13.2 Å². The second kappa shape index (κ2) is 3.01. The molecule has 1 aliphatic rings. The van der Waals surface area contributed by atoms with Crippen LogP contribution in [0.1, 0.15) is 19.3 Å². The average Bonchev–Trinajstić information content (AvgIpc) is 1.83. The van der Waals surface area contributed by atoms with Gasteiger partial charge in [-0.1, -0.05) is 0 Å². The highest BCUT2D eigenvalue weighted by atomic mass is 19.3. The smallest absolute Gasteiger partial charge is 0.248 e. The lowest BCUT2D eigenvalue weighted by Crippen LogP contribution is -2.41. The van der Waals surface area contributed by atoms with Gasteiger partial charge < -0.3 is 5.73 Å². The fourth-order valence-electron chi connectivity index (χ4n) is 1.36. The Morgan fingerprint density at radius 2 is 2.00 bits per heavy atom. The zero-order valence-corrected chi connectivity index (χ0v) is 6.19. The highest BCUT2D eigenvalue weighted by molar-refractivity contribution is 4.90. The first kappa shape index (κ1) is 8.84. The molecule has 1 nitrogen and oxygen atoms in total. The highest BCUT2D eigenvalue weighted by Gasteiger charge is 2.48. The van der Waals surface area contributed by atoms with Crippen LogP contribution in [0.3, 0.4) is 0 Å². The summed E-state index contributed by atoms with van der Waals surface area (Å²) in [5, 5.41) is 0. The van der Waals surface area contributed by atoms with E-state index in [-0.39, 0.29) is 25.8 Å². The second-order valence-electron chi connectivity index (χ2n) is 3.12. The number of alkyl halides is 3. The van der Waals surface area contributed by atoms with E-state index in [2.05, 4.69) is 0 Å². The van der Waals surface area contributed by atoms with Gasteiger partial charge >= 0.3 is 0 Å². The van der Waals surface area contributed by atoms with Crippen molar-refractivity contribution in [3.05, 3.63) is 0 Å². The number of nitrogens with two attached hydrogens (primary N) is 1. The third kappa shape index (κ3) is 2.09. The van der Waals surface area contributed by atoms with Gasteiger partial charge in [-0.3, -0.25) is 0 Å². The molecule has 1 aliphatic carbocycles. The Morgan fingerprint density at radius 3 is 2.36 bits per heavy atom. The Hall–Kier alpha value is -0.250. The molecule has 0 aliphatic heterocycles. The van der Waals surface area contributed by atoms with Crippen molar-refractivity contribution < 1.29 is 13.2 Å². The number of hydrogen-bond donors (Lipinski definition) is 1. The SMILES string of the molecule is NCCC(F)C1CC(F)(F)C1. The first-order valence-electron chi connectivity index (χ1n) is 3.77. The fourth-order valence-corrected chi connectivity index (χ4v) is 1.36. The first-order chi connectivity index (χ1) is 5.05. The Labute approximate surface area is 63.8 Å². The highest BCUT2D eigenvalue weighted by Crippen LogP contribution is 2.45. The molecule has 0 radical (unpaired) electrons. The van der Waals surface area contributed by atoms with Crippen LogP contribution in [0.2, 0.25) is 0 Å². The standard InChI is InChI=1S/C7H12F3N/c8-6(1-2-11)5-3-7(9,10)4-5/h5-6H,1-4,11H2. The van der Waals surface area contributed by atoms with Gasteiger partial charge in [-0.15, -0.1) is 0 Å². The molecule has 2 N–H and O–H groups in total. The maximum Gasteiger partial charge on any atom is 0.248 e. The fraction of sp³-hybridized carbons (Fsp3) is 1.00. The second-order valence-corrected chi connectivity index (χ2v) is 3.12. The van der Waals surface area contributed by atoms with Gasteiger partial charge in [0.2, 0.25) is 5.92 Å². The summed E-state index contributed by atoms with van der Waals surface area (Å²) >= 11 is 0. The minimum atomic E-state index is -2.61. The van der Waals surface area contributed by atoms with Crippen molar-refractivity contribution in [3.8, 4) is 0 Å². The molecule has 1 saturated carbocycles. The number of halogens is 3. The van der Waals surface area contributed by atoms with Crippen molar-refractivity contribution in [3.63, 3.8) is 0 Å². The molecule has 1 atom stereocenters. The van der Waals surface area contributed by atoms with Crippen LogP contribution in [-0.2, 0) is 0 Å². The Morgan fingerprint density at radius 1 is 1.45 bits per heavy atom. The summed E-state index contributed by atoms with van der Waals surface area (Å²) < 4.78 is 37.2. The molecule has 0 bridgehead atoms. The predicted molar refractivity (Wildman–Crippen MR) is 36.2 cm³/mol. The van der Waals surface area contributed by atoms with E-state index in [1.807, 2.05) is 0 Å². The molecule has 1 fully saturated rings. The molecule has 66 valence electrons. The van der Waals surface area contributed by atoms with Crippen molar-refractivity contribution in [2.24, 2.45) is 11.7 Å². The maximum absolute atomic E-state index is 12.8. The van der Waals surface area contributed by atoms with Crippen LogP contribution in [-0.4, -0.2) is 18.6 Å². The lowest BCUT2D eigenvalue weighted by atomic mass is 9.77. The van der Waals surface area contributed by atoms with Gasteiger partial charge in [0.15, 0.2) is 0 Å². The van der Waals surface area contributed by atoms with Crippen LogP contribution >= 0.6 is 0 Å². The molecule has 1 rings (SSSR count). The van der Waals surface area contributed by atoms with Crippen molar-refractivity contribution in [2.45, 2.75) is 31.4 Å². The third-order valence-electron chi connectivity index (χ3n) is 2.08. The molecule has 0 amide bonds. The summed E-state index contributed by atoms with van der Waals surface area (Å²) in [7, 11) is 0. The largest absolute Gasteiger partial charge is 0.330 e. The predicted octanol–water partition coefficient (Wildman–Crippen LogP) is 1.72. The summed E-state index contributed by atoms with van der Waals surface area (Å²) in [6, 6.07) is 0. The van der Waals surface area contributed by atoms with E-state index in [1.54, 1.807) is 0 Å². The minimum Gasteiger partial charge on any atom is -0.330 e. The number of hydrogen-bond acceptors (Lipinski definition) is 1. The Balaban J connectivity index is 2.21. The van der Waals surface area contributed by atoms with Gasteiger partial charge in [-0.25, -0.2) is 13.2 Å². The molecule has 0 aromatic rings. The molecule has 1 unspecified atom stereocenters. The zero-order chi connectivity index (χ0) is 8.48. The Kier molecular flexibility index (Phi) is 2.42.